The van der Waals surface area contributed by atoms with Gasteiger partial charge in [0.2, 0.25) is 5.91 Å². The van der Waals surface area contributed by atoms with E-state index in [2.05, 4.69) is 15.3 Å². The second kappa shape index (κ2) is 9.28. The Bertz CT molecular complexity index is 1050. The Hall–Kier alpha value is -2.58. The van der Waals surface area contributed by atoms with E-state index in [0.717, 1.165) is 28.7 Å². The Morgan fingerprint density at radius 1 is 1.21 bits per heavy atom. The molecule has 1 aromatic carbocycles. The molecule has 150 valence electrons. The van der Waals surface area contributed by atoms with E-state index in [4.69, 9.17) is 11.6 Å². The average molecular weight is 438 g/mol. The minimum absolute atomic E-state index is 0.0699. The molecule has 0 saturated heterocycles. The highest BCUT2D eigenvalue weighted by Gasteiger charge is 2.31. The van der Waals surface area contributed by atoms with Gasteiger partial charge in [-0.1, -0.05) is 35.9 Å². The smallest absolute Gasteiger partial charge is 0.352 e. The van der Waals surface area contributed by atoms with Gasteiger partial charge in [-0.25, -0.2) is 4.98 Å². The quantitative estimate of drug-likeness (QED) is 0.326. The number of halogens is 4. The molecule has 0 spiro atoms. The molecule has 1 N–H and O–H groups in total. The van der Waals surface area contributed by atoms with Crippen LogP contribution in [0.15, 0.2) is 59.9 Å². The first-order valence-electron chi connectivity index (χ1n) is 8.50. The lowest BCUT2D eigenvalue weighted by atomic mass is 10.1. The van der Waals surface area contributed by atoms with E-state index in [0.29, 0.717) is 12.3 Å². The minimum Gasteiger partial charge on any atom is -0.352 e. The van der Waals surface area contributed by atoms with Crippen molar-refractivity contribution in [2.24, 2.45) is 0 Å². The number of fused-ring (bicyclic) bond motifs is 1. The second-order valence-corrected chi connectivity index (χ2v) is 7.39. The molecule has 4 nitrogen and oxygen atoms in total. The maximum absolute atomic E-state index is 12.6. The fourth-order valence-corrected chi connectivity index (χ4v) is 3.55. The molecule has 0 aliphatic carbocycles. The zero-order valence-electron chi connectivity index (χ0n) is 14.9. The summed E-state index contributed by atoms with van der Waals surface area (Å²) in [5.74, 6) is 0.123. The number of pyridine rings is 2. The molecule has 0 aliphatic rings. The number of nitrogens with one attached hydrogen (secondary N) is 1. The third-order valence-corrected chi connectivity index (χ3v) is 5.26. The molecule has 2 aromatic heterocycles. The number of hydrogen-bond donors (Lipinski definition) is 1. The van der Waals surface area contributed by atoms with Crippen LogP contribution in [0.2, 0.25) is 5.02 Å². The van der Waals surface area contributed by atoms with Crippen LogP contribution in [0.25, 0.3) is 17.0 Å². The highest BCUT2D eigenvalue weighted by Crippen LogP contribution is 2.33. The van der Waals surface area contributed by atoms with Gasteiger partial charge in [0.05, 0.1) is 16.1 Å². The lowest BCUT2D eigenvalue weighted by Crippen LogP contribution is -2.23. The fourth-order valence-electron chi connectivity index (χ4n) is 2.50. The summed E-state index contributed by atoms with van der Waals surface area (Å²) in [5, 5.41) is 3.90. The molecule has 0 unspecified atom stereocenters. The van der Waals surface area contributed by atoms with Crippen LogP contribution in [0.1, 0.15) is 11.1 Å². The van der Waals surface area contributed by atoms with Crippen LogP contribution in [0.3, 0.4) is 0 Å². The standard InChI is InChI=1S/C20H15ClF3N3OS/c21-16-11-15(20(22,23)24)12-27-19(16)29-10-9-25-17(28)7-6-14-4-1-3-13-5-2-8-26-18(13)14/h1-8,11-12H,9-10H2,(H,25,28)/b7-6+. The van der Waals surface area contributed by atoms with Gasteiger partial charge in [0.25, 0.3) is 0 Å². The van der Waals surface area contributed by atoms with E-state index >= 15 is 0 Å². The van der Waals surface area contributed by atoms with Crippen molar-refractivity contribution in [2.75, 3.05) is 12.3 Å². The van der Waals surface area contributed by atoms with Crippen molar-refractivity contribution in [3.63, 3.8) is 0 Å². The normalized spacial score (nSPS) is 11.9. The number of carbonyl (C=O) groups excluding carboxylic acids is 1. The van der Waals surface area contributed by atoms with Crippen LogP contribution in [-0.4, -0.2) is 28.2 Å². The number of rotatable bonds is 6. The molecule has 2 heterocycles. The molecule has 9 heteroatoms. The van der Waals surface area contributed by atoms with Crippen molar-refractivity contribution in [1.29, 1.82) is 0 Å². The van der Waals surface area contributed by atoms with Crippen LogP contribution in [0, 0.1) is 0 Å². The first-order valence-corrected chi connectivity index (χ1v) is 9.86. The van der Waals surface area contributed by atoms with E-state index in [1.807, 2.05) is 30.3 Å². The van der Waals surface area contributed by atoms with Crippen LogP contribution < -0.4 is 5.32 Å². The van der Waals surface area contributed by atoms with Gasteiger partial charge in [0.15, 0.2) is 0 Å². The number of thioether (sulfide) groups is 1. The van der Waals surface area contributed by atoms with E-state index in [1.165, 1.54) is 17.8 Å². The van der Waals surface area contributed by atoms with Crippen molar-refractivity contribution in [3.05, 3.63) is 71.0 Å². The van der Waals surface area contributed by atoms with Crippen molar-refractivity contribution in [3.8, 4) is 0 Å². The Morgan fingerprint density at radius 3 is 2.76 bits per heavy atom. The maximum Gasteiger partial charge on any atom is 0.417 e. The highest BCUT2D eigenvalue weighted by molar-refractivity contribution is 7.99. The van der Waals surface area contributed by atoms with Gasteiger partial charge in [-0.05, 0) is 18.2 Å². The summed E-state index contributed by atoms with van der Waals surface area (Å²) in [5.41, 5.74) is 0.735. The third kappa shape index (κ3) is 5.71. The van der Waals surface area contributed by atoms with Gasteiger partial charge in [-0.3, -0.25) is 9.78 Å². The van der Waals surface area contributed by atoms with E-state index in [1.54, 1.807) is 12.3 Å². The molecular formula is C20H15ClF3N3OS. The summed E-state index contributed by atoms with van der Waals surface area (Å²) >= 11 is 7.02. The zero-order valence-corrected chi connectivity index (χ0v) is 16.5. The summed E-state index contributed by atoms with van der Waals surface area (Å²) in [7, 11) is 0. The summed E-state index contributed by atoms with van der Waals surface area (Å²) in [6.07, 6.45) is 1.05. The van der Waals surface area contributed by atoms with Crippen molar-refractivity contribution in [1.82, 2.24) is 15.3 Å². The highest BCUT2D eigenvalue weighted by atomic mass is 35.5. The van der Waals surface area contributed by atoms with Gasteiger partial charge in [0, 0.05) is 41.7 Å². The number of carbonyl (C=O) groups is 1. The van der Waals surface area contributed by atoms with Gasteiger partial charge >= 0.3 is 6.18 Å². The molecule has 3 aromatic rings. The minimum atomic E-state index is -4.49. The number of para-hydroxylation sites is 1. The van der Waals surface area contributed by atoms with Gasteiger partial charge < -0.3 is 5.32 Å². The molecule has 0 fully saturated rings. The molecule has 0 atom stereocenters. The predicted molar refractivity (Wildman–Crippen MR) is 109 cm³/mol. The Kier molecular flexibility index (Phi) is 6.76. The number of amides is 1. The summed E-state index contributed by atoms with van der Waals surface area (Å²) in [6.45, 7) is 0.306. The molecule has 1 amide bonds. The molecule has 3 rings (SSSR count). The van der Waals surface area contributed by atoms with Crippen molar-refractivity contribution >= 4 is 46.2 Å². The maximum atomic E-state index is 12.6. The number of aromatic nitrogens is 2. The van der Waals surface area contributed by atoms with Crippen LogP contribution in [0.5, 0.6) is 0 Å². The Morgan fingerprint density at radius 2 is 2.00 bits per heavy atom. The van der Waals surface area contributed by atoms with E-state index < -0.39 is 11.7 Å². The molecule has 0 saturated carbocycles. The number of nitrogens with zero attached hydrogens (tertiary/aromatic N) is 2. The topological polar surface area (TPSA) is 54.9 Å². The largest absolute Gasteiger partial charge is 0.417 e. The molecule has 0 bridgehead atoms. The Labute approximate surface area is 174 Å². The van der Waals surface area contributed by atoms with Crippen molar-refractivity contribution in [2.45, 2.75) is 11.2 Å². The fraction of sp³-hybridized carbons (Fsp3) is 0.150. The molecule has 29 heavy (non-hydrogen) atoms. The first kappa shape index (κ1) is 21.1. The molecular weight excluding hydrogens is 423 g/mol. The zero-order chi connectivity index (χ0) is 20.9. The van der Waals surface area contributed by atoms with E-state index in [-0.39, 0.29) is 16.0 Å². The lowest BCUT2D eigenvalue weighted by molar-refractivity contribution is -0.137. The summed E-state index contributed by atoms with van der Waals surface area (Å²) in [6, 6.07) is 10.3. The van der Waals surface area contributed by atoms with Gasteiger partial charge in [0.1, 0.15) is 5.03 Å². The molecule has 0 aliphatic heterocycles. The SMILES string of the molecule is O=C(/C=C/c1cccc2cccnc12)NCCSc1ncc(C(F)(F)F)cc1Cl. The Balaban J connectivity index is 1.51. The van der Waals surface area contributed by atoms with Crippen LogP contribution >= 0.6 is 23.4 Å². The third-order valence-electron chi connectivity index (χ3n) is 3.85. The number of alkyl halides is 3. The summed E-state index contributed by atoms with van der Waals surface area (Å²) in [4.78, 5) is 20.1. The summed E-state index contributed by atoms with van der Waals surface area (Å²) < 4.78 is 37.8. The predicted octanol–water partition coefficient (Wildman–Crippen LogP) is 5.22. The number of benzene rings is 1. The first-order chi connectivity index (χ1) is 13.8. The van der Waals surface area contributed by atoms with Crippen molar-refractivity contribution < 1.29 is 18.0 Å². The average Bonchev–Trinajstić information content (AvgIpc) is 2.69. The second-order valence-electron chi connectivity index (χ2n) is 5.90. The monoisotopic (exact) mass is 437 g/mol. The van der Waals surface area contributed by atoms with Crippen LogP contribution in [0.4, 0.5) is 13.2 Å². The number of hydrogen-bond acceptors (Lipinski definition) is 4. The van der Waals surface area contributed by atoms with Gasteiger partial charge in [-0.15, -0.1) is 11.8 Å². The lowest BCUT2D eigenvalue weighted by Gasteiger charge is -2.09. The van der Waals surface area contributed by atoms with Crippen LogP contribution in [-0.2, 0) is 11.0 Å². The van der Waals surface area contributed by atoms with Gasteiger partial charge in [-0.2, -0.15) is 13.2 Å². The molecule has 0 radical (unpaired) electrons. The van der Waals surface area contributed by atoms with E-state index in [9.17, 15) is 18.0 Å².